The van der Waals surface area contributed by atoms with Crippen molar-refractivity contribution in [1.82, 2.24) is 5.32 Å². The van der Waals surface area contributed by atoms with E-state index in [1.165, 1.54) is 5.56 Å². The molecule has 2 aromatic carbocycles. The van der Waals surface area contributed by atoms with Gasteiger partial charge in [0.25, 0.3) is 0 Å². The van der Waals surface area contributed by atoms with Crippen LogP contribution in [-0.2, 0) is 6.42 Å². The lowest BCUT2D eigenvalue weighted by atomic mass is 10.1. The van der Waals surface area contributed by atoms with Crippen molar-refractivity contribution in [3.05, 3.63) is 64.7 Å². The van der Waals surface area contributed by atoms with E-state index in [9.17, 15) is 5.11 Å². The Morgan fingerprint density at radius 1 is 1.11 bits per heavy atom. The molecule has 0 aliphatic heterocycles. The number of nitrogens with one attached hydrogen (secondary N) is 1. The van der Waals surface area contributed by atoms with Gasteiger partial charge in [-0.1, -0.05) is 41.9 Å². The summed E-state index contributed by atoms with van der Waals surface area (Å²) >= 11 is 5.85. The van der Waals surface area contributed by atoms with Crippen LogP contribution in [0.5, 0.6) is 5.75 Å². The molecule has 100 valence electrons. The van der Waals surface area contributed by atoms with Crippen molar-refractivity contribution in [2.45, 2.75) is 19.4 Å². The Kier molecular flexibility index (Phi) is 4.83. The van der Waals surface area contributed by atoms with E-state index in [1.807, 2.05) is 42.5 Å². The smallest absolute Gasteiger partial charge is 0.120 e. The first kappa shape index (κ1) is 13.9. The zero-order chi connectivity index (χ0) is 13.7. The average molecular weight is 276 g/mol. The third kappa shape index (κ3) is 3.98. The lowest BCUT2D eigenvalue weighted by Gasteiger charge is -2.15. The van der Waals surface area contributed by atoms with Crippen molar-refractivity contribution in [3.8, 4) is 5.75 Å². The second-order valence-corrected chi connectivity index (χ2v) is 5.05. The van der Waals surface area contributed by atoms with Gasteiger partial charge in [-0.15, -0.1) is 0 Å². The third-order valence-electron chi connectivity index (χ3n) is 3.18. The molecule has 2 nitrogen and oxygen atoms in total. The van der Waals surface area contributed by atoms with Gasteiger partial charge in [-0.25, -0.2) is 0 Å². The Bertz CT molecular complexity index is 525. The van der Waals surface area contributed by atoms with Crippen LogP contribution in [0.15, 0.2) is 48.5 Å². The van der Waals surface area contributed by atoms with E-state index in [0.717, 1.165) is 23.6 Å². The highest BCUT2D eigenvalue weighted by Gasteiger charge is 2.08. The number of aromatic hydroxyl groups is 1. The van der Waals surface area contributed by atoms with E-state index in [2.05, 4.69) is 12.2 Å². The lowest BCUT2D eigenvalue weighted by Crippen LogP contribution is -2.21. The molecular formula is C16H18ClNO. The zero-order valence-electron chi connectivity index (χ0n) is 10.9. The maximum atomic E-state index is 9.77. The van der Waals surface area contributed by atoms with Crippen molar-refractivity contribution in [2.75, 3.05) is 6.54 Å². The molecule has 1 unspecified atom stereocenters. The van der Waals surface area contributed by atoms with Gasteiger partial charge in [0.1, 0.15) is 5.75 Å². The topological polar surface area (TPSA) is 32.3 Å². The lowest BCUT2D eigenvalue weighted by molar-refractivity contribution is 0.453. The maximum absolute atomic E-state index is 9.77. The fourth-order valence-corrected chi connectivity index (χ4v) is 2.17. The van der Waals surface area contributed by atoms with Crippen LogP contribution in [-0.4, -0.2) is 11.7 Å². The van der Waals surface area contributed by atoms with Crippen LogP contribution in [0.25, 0.3) is 0 Å². The molecule has 0 spiro atoms. The number of phenols is 1. The highest BCUT2D eigenvalue weighted by atomic mass is 35.5. The van der Waals surface area contributed by atoms with Crippen LogP contribution in [0.2, 0.25) is 5.02 Å². The molecule has 2 N–H and O–H groups in total. The molecule has 19 heavy (non-hydrogen) atoms. The number of para-hydroxylation sites is 1. The van der Waals surface area contributed by atoms with E-state index >= 15 is 0 Å². The van der Waals surface area contributed by atoms with Crippen molar-refractivity contribution >= 4 is 11.6 Å². The van der Waals surface area contributed by atoms with Gasteiger partial charge < -0.3 is 10.4 Å². The summed E-state index contributed by atoms with van der Waals surface area (Å²) in [6.45, 7) is 2.91. The summed E-state index contributed by atoms with van der Waals surface area (Å²) in [5.74, 6) is 0.342. The van der Waals surface area contributed by atoms with Crippen molar-refractivity contribution in [2.24, 2.45) is 0 Å². The minimum atomic E-state index is 0.133. The minimum Gasteiger partial charge on any atom is -0.508 e. The van der Waals surface area contributed by atoms with Gasteiger partial charge in [0.05, 0.1) is 0 Å². The first-order valence-corrected chi connectivity index (χ1v) is 6.80. The number of hydrogen-bond donors (Lipinski definition) is 2. The molecule has 0 heterocycles. The van der Waals surface area contributed by atoms with Crippen LogP contribution < -0.4 is 5.32 Å². The summed E-state index contributed by atoms with van der Waals surface area (Å²) < 4.78 is 0. The van der Waals surface area contributed by atoms with E-state index in [0.29, 0.717) is 5.75 Å². The summed E-state index contributed by atoms with van der Waals surface area (Å²) in [5, 5.41) is 13.9. The Balaban J connectivity index is 1.86. The Morgan fingerprint density at radius 3 is 2.47 bits per heavy atom. The van der Waals surface area contributed by atoms with E-state index in [-0.39, 0.29) is 6.04 Å². The summed E-state index contributed by atoms with van der Waals surface area (Å²) in [6.07, 6.45) is 0.940. The fraction of sp³-hybridized carbons (Fsp3) is 0.250. The summed E-state index contributed by atoms with van der Waals surface area (Å²) in [5.41, 5.74) is 2.18. The molecule has 0 aliphatic carbocycles. The molecule has 2 rings (SSSR count). The number of halogens is 1. The van der Waals surface area contributed by atoms with Gasteiger partial charge in [-0.3, -0.25) is 0 Å². The third-order valence-corrected chi connectivity index (χ3v) is 3.43. The SMILES string of the molecule is CC(NCCc1ccc(Cl)cc1)c1ccccc1O. The molecule has 0 fully saturated rings. The van der Waals surface area contributed by atoms with E-state index in [1.54, 1.807) is 6.07 Å². The van der Waals surface area contributed by atoms with Crippen LogP contribution >= 0.6 is 11.6 Å². The van der Waals surface area contributed by atoms with Crippen LogP contribution in [0.4, 0.5) is 0 Å². The standard InChI is InChI=1S/C16H18ClNO/c1-12(15-4-2-3-5-16(15)19)18-11-10-13-6-8-14(17)9-7-13/h2-9,12,18-19H,10-11H2,1H3. The van der Waals surface area contributed by atoms with Crippen molar-refractivity contribution in [3.63, 3.8) is 0 Å². The second-order valence-electron chi connectivity index (χ2n) is 4.61. The minimum absolute atomic E-state index is 0.133. The van der Waals surface area contributed by atoms with Crippen LogP contribution in [0.3, 0.4) is 0 Å². The van der Waals surface area contributed by atoms with E-state index < -0.39 is 0 Å². The number of rotatable bonds is 5. The first-order chi connectivity index (χ1) is 9.16. The van der Waals surface area contributed by atoms with Gasteiger partial charge in [-0.2, -0.15) is 0 Å². The first-order valence-electron chi connectivity index (χ1n) is 6.42. The summed E-state index contributed by atoms with van der Waals surface area (Å²) in [4.78, 5) is 0. The van der Waals surface area contributed by atoms with Crippen LogP contribution in [0, 0.1) is 0 Å². The van der Waals surface area contributed by atoms with Gasteiger partial charge in [0.15, 0.2) is 0 Å². The molecule has 0 aliphatic rings. The molecule has 1 atom stereocenters. The highest BCUT2D eigenvalue weighted by Crippen LogP contribution is 2.22. The molecule has 0 radical (unpaired) electrons. The van der Waals surface area contributed by atoms with Gasteiger partial charge in [0.2, 0.25) is 0 Å². The van der Waals surface area contributed by atoms with Crippen molar-refractivity contribution in [1.29, 1.82) is 0 Å². The summed E-state index contributed by atoms with van der Waals surface area (Å²) in [7, 11) is 0. The predicted molar refractivity (Wildman–Crippen MR) is 79.7 cm³/mol. The molecule has 0 aromatic heterocycles. The molecule has 3 heteroatoms. The van der Waals surface area contributed by atoms with Gasteiger partial charge in [-0.05, 0) is 43.7 Å². The normalized spacial score (nSPS) is 12.3. The van der Waals surface area contributed by atoms with Crippen LogP contribution in [0.1, 0.15) is 24.1 Å². The molecular weight excluding hydrogens is 258 g/mol. The quantitative estimate of drug-likeness (QED) is 0.866. The van der Waals surface area contributed by atoms with E-state index in [4.69, 9.17) is 11.6 Å². The molecule has 2 aromatic rings. The molecule has 0 amide bonds. The molecule has 0 bridgehead atoms. The zero-order valence-corrected chi connectivity index (χ0v) is 11.7. The maximum Gasteiger partial charge on any atom is 0.120 e. The highest BCUT2D eigenvalue weighted by molar-refractivity contribution is 6.30. The monoisotopic (exact) mass is 275 g/mol. The fourth-order valence-electron chi connectivity index (χ4n) is 2.05. The number of phenolic OH excluding ortho intramolecular Hbond substituents is 1. The van der Waals surface area contributed by atoms with Gasteiger partial charge >= 0.3 is 0 Å². The Morgan fingerprint density at radius 2 is 1.79 bits per heavy atom. The van der Waals surface area contributed by atoms with Crippen molar-refractivity contribution < 1.29 is 5.11 Å². The molecule has 0 saturated heterocycles. The Labute approximate surface area is 119 Å². The predicted octanol–water partition coefficient (Wildman–Crippen LogP) is 3.94. The Hall–Kier alpha value is -1.51. The summed E-state index contributed by atoms with van der Waals surface area (Å²) in [6, 6.07) is 15.4. The molecule has 0 saturated carbocycles. The number of benzene rings is 2. The largest absolute Gasteiger partial charge is 0.508 e. The second kappa shape index (κ2) is 6.60. The number of hydrogen-bond acceptors (Lipinski definition) is 2. The average Bonchev–Trinajstić information content (AvgIpc) is 2.41. The van der Waals surface area contributed by atoms with Gasteiger partial charge in [0, 0.05) is 16.6 Å².